The van der Waals surface area contributed by atoms with Crippen molar-refractivity contribution in [2.45, 2.75) is 59.0 Å². The molecule has 11 nitrogen and oxygen atoms in total. The van der Waals surface area contributed by atoms with E-state index in [1.165, 1.54) is 0 Å². The van der Waals surface area contributed by atoms with Gasteiger partial charge in [0.1, 0.15) is 0 Å². The lowest BCUT2D eigenvalue weighted by Crippen LogP contribution is -2.48. The standard InChI is InChI=1S/C13H25N3O3.C13H27N3O2/c1-3-10(2)12(14)13(18)15-8-11(17)9-16-4-6-19-7-5-16;1-3-11(2)12(14)13(17)15-5-4-6-16-7-9-18-10-8-16/h10,12H,3-9,14H2,1-2H3,(H,15,18);11-12H,3-10,14H2,1-2H3,(H,15,17). The van der Waals surface area contributed by atoms with Crippen LogP contribution in [-0.2, 0) is 23.9 Å². The largest absolute Gasteiger partial charge is 0.379 e. The van der Waals surface area contributed by atoms with E-state index in [-0.39, 0.29) is 42.0 Å². The van der Waals surface area contributed by atoms with Crippen LogP contribution >= 0.6 is 0 Å². The van der Waals surface area contributed by atoms with Crippen LogP contribution in [0.15, 0.2) is 0 Å². The van der Waals surface area contributed by atoms with Crippen molar-refractivity contribution < 1.29 is 23.9 Å². The number of rotatable bonds is 14. The van der Waals surface area contributed by atoms with Crippen molar-refractivity contribution in [1.82, 2.24) is 20.4 Å². The molecule has 0 spiro atoms. The Bertz CT molecular complexity index is 655. The third kappa shape index (κ3) is 14.2. The number of carbonyl (C=O) groups excluding carboxylic acids is 3. The van der Waals surface area contributed by atoms with E-state index in [9.17, 15) is 14.4 Å². The maximum atomic E-state index is 11.7. The van der Waals surface area contributed by atoms with E-state index in [0.717, 1.165) is 65.2 Å². The molecule has 0 aromatic carbocycles. The Labute approximate surface area is 223 Å². The minimum atomic E-state index is -0.541. The van der Waals surface area contributed by atoms with E-state index in [4.69, 9.17) is 20.9 Å². The fourth-order valence-corrected chi connectivity index (χ4v) is 3.85. The fraction of sp³-hybridized carbons (Fsp3) is 0.885. The summed E-state index contributed by atoms with van der Waals surface area (Å²) in [5.41, 5.74) is 11.6. The van der Waals surface area contributed by atoms with Gasteiger partial charge in [0, 0.05) is 32.7 Å². The molecule has 216 valence electrons. The molecular formula is C26H52N6O5. The summed E-state index contributed by atoms with van der Waals surface area (Å²) in [6.45, 7) is 16.6. The lowest BCUT2D eigenvalue weighted by atomic mass is 9.99. The molecule has 2 fully saturated rings. The van der Waals surface area contributed by atoms with Crippen LogP contribution in [0.2, 0.25) is 0 Å². The lowest BCUT2D eigenvalue weighted by molar-refractivity contribution is -0.127. The normalized spacial score (nSPS) is 20.1. The Morgan fingerprint density at radius 2 is 1.24 bits per heavy atom. The summed E-state index contributed by atoms with van der Waals surface area (Å²) in [7, 11) is 0. The second kappa shape index (κ2) is 19.4. The summed E-state index contributed by atoms with van der Waals surface area (Å²) in [4.78, 5) is 39.6. The van der Waals surface area contributed by atoms with Gasteiger partial charge in [-0.25, -0.2) is 0 Å². The van der Waals surface area contributed by atoms with Gasteiger partial charge in [0.15, 0.2) is 5.78 Å². The number of morpholine rings is 2. The highest BCUT2D eigenvalue weighted by molar-refractivity contribution is 5.89. The third-order valence-electron chi connectivity index (χ3n) is 7.14. The van der Waals surface area contributed by atoms with Crippen LogP contribution in [0.4, 0.5) is 0 Å². The predicted molar refractivity (Wildman–Crippen MR) is 145 cm³/mol. The molecule has 4 unspecified atom stereocenters. The lowest BCUT2D eigenvalue weighted by Gasteiger charge is -2.26. The van der Waals surface area contributed by atoms with Crippen molar-refractivity contribution in [3.05, 3.63) is 0 Å². The van der Waals surface area contributed by atoms with Gasteiger partial charge in [-0.1, -0.05) is 40.5 Å². The maximum Gasteiger partial charge on any atom is 0.237 e. The first kappa shape index (κ1) is 33.4. The average Bonchev–Trinajstić information content (AvgIpc) is 2.93. The highest BCUT2D eigenvalue weighted by Crippen LogP contribution is 2.06. The molecule has 2 heterocycles. The van der Waals surface area contributed by atoms with Gasteiger partial charge in [-0.15, -0.1) is 0 Å². The van der Waals surface area contributed by atoms with Gasteiger partial charge >= 0.3 is 0 Å². The first-order valence-corrected chi connectivity index (χ1v) is 13.9. The molecule has 0 aromatic heterocycles. The third-order valence-corrected chi connectivity index (χ3v) is 7.14. The molecule has 2 rings (SSSR count). The Kier molecular flexibility index (Phi) is 17.5. The molecule has 4 atom stereocenters. The van der Waals surface area contributed by atoms with Crippen LogP contribution in [0.5, 0.6) is 0 Å². The number of nitrogens with zero attached hydrogens (tertiary/aromatic N) is 2. The fourth-order valence-electron chi connectivity index (χ4n) is 3.85. The maximum absolute atomic E-state index is 11.7. The Balaban J connectivity index is 0.000000371. The van der Waals surface area contributed by atoms with Crippen LogP contribution in [0.3, 0.4) is 0 Å². The minimum absolute atomic E-state index is 0.00611. The van der Waals surface area contributed by atoms with Gasteiger partial charge in [-0.2, -0.15) is 0 Å². The molecule has 11 heteroatoms. The Hall–Kier alpha value is -1.63. The first-order chi connectivity index (χ1) is 17.7. The Morgan fingerprint density at radius 3 is 1.73 bits per heavy atom. The predicted octanol–water partition coefficient (Wildman–Crippen LogP) is -0.424. The number of amides is 2. The average molecular weight is 529 g/mol. The summed E-state index contributed by atoms with van der Waals surface area (Å²) < 4.78 is 10.5. The van der Waals surface area contributed by atoms with E-state index < -0.39 is 6.04 Å². The number of ketones is 1. The highest BCUT2D eigenvalue weighted by Gasteiger charge is 2.21. The summed E-state index contributed by atoms with van der Waals surface area (Å²) in [6, 6.07) is -0.917. The second-order valence-electron chi connectivity index (χ2n) is 10.1. The molecule has 0 aromatic rings. The molecule has 0 radical (unpaired) electrons. The van der Waals surface area contributed by atoms with Crippen molar-refractivity contribution in [1.29, 1.82) is 0 Å². The van der Waals surface area contributed by atoms with Crippen molar-refractivity contribution in [3.8, 4) is 0 Å². The zero-order valence-corrected chi connectivity index (χ0v) is 23.5. The number of Topliss-reactive ketones (excluding diaryl/α,β-unsaturated/α-hetero) is 1. The number of nitrogens with one attached hydrogen (secondary N) is 2. The van der Waals surface area contributed by atoms with Gasteiger partial charge in [0.05, 0.1) is 51.6 Å². The number of carbonyl (C=O) groups is 3. The summed E-state index contributed by atoms with van der Waals surface area (Å²) in [6.07, 6.45) is 2.75. The number of ether oxygens (including phenoxy) is 2. The smallest absolute Gasteiger partial charge is 0.237 e. The van der Waals surface area contributed by atoms with Crippen molar-refractivity contribution in [2.75, 3.05) is 78.8 Å². The minimum Gasteiger partial charge on any atom is -0.379 e. The van der Waals surface area contributed by atoms with Crippen LogP contribution in [0, 0.1) is 11.8 Å². The molecule has 2 aliphatic rings. The van der Waals surface area contributed by atoms with Gasteiger partial charge in [0.25, 0.3) is 0 Å². The topological polar surface area (TPSA) is 152 Å². The highest BCUT2D eigenvalue weighted by atomic mass is 16.5. The van der Waals surface area contributed by atoms with Crippen LogP contribution in [-0.4, -0.2) is 118 Å². The zero-order valence-electron chi connectivity index (χ0n) is 23.5. The summed E-state index contributed by atoms with van der Waals surface area (Å²) in [5.74, 6) is 0.0983. The molecule has 37 heavy (non-hydrogen) atoms. The molecule has 2 amide bonds. The number of hydrogen-bond donors (Lipinski definition) is 4. The summed E-state index contributed by atoms with van der Waals surface area (Å²) >= 11 is 0. The van der Waals surface area contributed by atoms with Crippen molar-refractivity contribution >= 4 is 17.6 Å². The van der Waals surface area contributed by atoms with Gasteiger partial charge < -0.3 is 31.6 Å². The molecule has 0 bridgehead atoms. The first-order valence-electron chi connectivity index (χ1n) is 13.9. The molecule has 0 aliphatic carbocycles. The van der Waals surface area contributed by atoms with Crippen molar-refractivity contribution in [2.24, 2.45) is 23.3 Å². The quantitative estimate of drug-likeness (QED) is 0.220. The monoisotopic (exact) mass is 528 g/mol. The van der Waals surface area contributed by atoms with Crippen LogP contribution in [0.1, 0.15) is 47.0 Å². The molecular weight excluding hydrogens is 476 g/mol. The van der Waals surface area contributed by atoms with E-state index in [1.807, 2.05) is 25.7 Å². The second-order valence-corrected chi connectivity index (χ2v) is 10.1. The van der Waals surface area contributed by atoms with E-state index >= 15 is 0 Å². The number of nitrogens with two attached hydrogens (primary N) is 2. The van der Waals surface area contributed by atoms with E-state index in [0.29, 0.717) is 26.3 Å². The zero-order chi connectivity index (χ0) is 27.6. The molecule has 2 saturated heterocycles. The van der Waals surface area contributed by atoms with E-state index in [2.05, 4.69) is 22.5 Å². The van der Waals surface area contributed by atoms with Crippen molar-refractivity contribution in [3.63, 3.8) is 0 Å². The van der Waals surface area contributed by atoms with E-state index in [1.54, 1.807) is 0 Å². The van der Waals surface area contributed by atoms with Crippen LogP contribution < -0.4 is 22.1 Å². The van der Waals surface area contributed by atoms with Gasteiger partial charge in [-0.05, 0) is 24.8 Å². The van der Waals surface area contributed by atoms with Gasteiger partial charge in [0.2, 0.25) is 11.8 Å². The molecule has 2 aliphatic heterocycles. The summed E-state index contributed by atoms with van der Waals surface area (Å²) in [5, 5.41) is 5.53. The molecule has 6 N–H and O–H groups in total. The number of hydrogen-bond acceptors (Lipinski definition) is 9. The molecule has 0 saturated carbocycles. The van der Waals surface area contributed by atoms with Crippen LogP contribution in [0.25, 0.3) is 0 Å². The SMILES string of the molecule is CCC(C)C(N)C(=O)NCC(=O)CN1CCOCC1.CCC(C)C(N)C(=O)NCCCN1CCOCC1. The Morgan fingerprint density at radius 1 is 0.784 bits per heavy atom. The van der Waals surface area contributed by atoms with Gasteiger partial charge in [-0.3, -0.25) is 24.2 Å².